The fourth-order valence-corrected chi connectivity index (χ4v) is 2.94. The summed E-state index contributed by atoms with van der Waals surface area (Å²) >= 11 is 3.27. The fourth-order valence-electron chi connectivity index (χ4n) is 1.82. The minimum atomic E-state index is -3.68. The van der Waals surface area contributed by atoms with Crippen LogP contribution in [0.15, 0.2) is 63.0 Å². The van der Waals surface area contributed by atoms with Gasteiger partial charge in [-0.25, -0.2) is 0 Å². The third kappa shape index (κ3) is 4.80. The summed E-state index contributed by atoms with van der Waals surface area (Å²) < 4.78 is 30.5. The molecule has 0 heterocycles. The van der Waals surface area contributed by atoms with Gasteiger partial charge in [-0.1, -0.05) is 15.9 Å². The van der Waals surface area contributed by atoms with Gasteiger partial charge in [0, 0.05) is 4.47 Å². The number of benzene rings is 2. The number of hydrogen-bond donors (Lipinski definition) is 1. The molecule has 0 saturated heterocycles. The maximum Gasteiger partial charge on any atom is 0.276 e. The molecule has 1 N–H and O–H groups in total. The van der Waals surface area contributed by atoms with Crippen LogP contribution >= 0.6 is 15.9 Å². The van der Waals surface area contributed by atoms with Crippen molar-refractivity contribution in [2.45, 2.75) is 18.7 Å². The van der Waals surface area contributed by atoms with Crippen LogP contribution in [0.1, 0.15) is 19.4 Å². The molecule has 0 aromatic heterocycles. The number of ether oxygens (including phenoxy) is 1. The average molecular weight is 397 g/mol. The molecule has 0 atom stereocenters. The molecule has 0 unspecified atom stereocenters. The Labute approximate surface area is 144 Å². The molecule has 23 heavy (non-hydrogen) atoms. The van der Waals surface area contributed by atoms with Crippen LogP contribution in [0.3, 0.4) is 0 Å². The molecule has 122 valence electrons. The molecular formula is C16H17BrN2O3S. The van der Waals surface area contributed by atoms with Crippen molar-refractivity contribution >= 4 is 31.7 Å². The van der Waals surface area contributed by atoms with E-state index in [0.717, 1.165) is 15.8 Å². The van der Waals surface area contributed by atoms with E-state index in [-0.39, 0.29) is 4.90 Å². The molecule has 5 nitrogen and oxygen atoms in total. The lowest BCUT2D eigenvalue weighted by Gasteiger charge is -2.07. The maximum absolute atomic E-state index is 12.2. The van der Waals surface area contributed by atoms with E-state index in [0.29, 0.717) is 12.3 Å². The van der Waals surface area contributed by atoms with Crippen molar-refractivity contribution < 1.29 is 13.2 Å². The monoisotopic (exact) mass is 396 g/mol. The molecule has 0 aliphatic carbocycles. The van der Waals surface area contributed by atoms with Crippen LogP contribution in [0.2, 0.25) is 0 Å². The van der Waals surface area contributed by atoms with Crippen molar-refractivity contribution in [2.24, 2.45) is 5.10 Å². The molecule has 0 aliphatic heterocycles. The zero-order valence-electron chi connectivity index (χ0n) is 12.8. The van der Waals surface area contributed by atoms with Gasteiger partial charge in [0.05, 0.1) is 17.2 Å². The molecular weight excluding hydrogens is 380 g/mol. The van der Waals surface area contributed by atoms with Gasteiger partial charge in [-0.2, -0.15) is 18.4 Å². The van der Waals surface area contributed by atoms with Crippen molar-refractivity contribution in [3.63, 3.8) is 0 Å². The normalized spacial score (nSPS) is 12.0. The number of sulfonamides is 1. The van der Waals surface area contributed by atoms with Gasteiger partial charge >= 0.3 is 0 Å². The van der Waals surface area contributed by atoms with Gasteiger partial charge in [0.1, 0.15) is 5.75 Å². The van der Waals surface area contributed by atoms with E-state index >= 15 is 0 Å². The second-order valence-electron chi connectivity index (χ2n) is 4.70. The smallest absolute Gasteiger partial charge is 0.276 e. The lowest BCUT2D eigenvalue weighted by molar-refractivity contribution is 0.340. The van der Waals surface area contributed by atoms with Crippen molar-refractivity contribution in [1.29, 1.82) is 0 Å². The molecule has 0 fully saturated rings. The van der Waals surface area contributed by atoms with Gasteiger partial charge in [-0.05, 0) is 67.9 Å². The Morgan fingerprint density at radius 3 is 2.30 bits per heavy atom. The zero-order chi connectivity index (χ0) is 16.9. The molecule has 0 saturated carbocycles. The van der Waals surface area contributed by atoms with Crippen LogP contribution in [-0.4, -0.2) is 20.7 Å². The Morgan fingerprint density at radius 1 is 1.13 bits per heavy atom. The zero-order valence-corrected chi connectivity index (χ0v) is 15.2. The molecule has 0 spiro atoms. The van der Waals surface area contributed by atoms with E-state index in [1.807, 2.05) is 31.2 Å². The number of hydrogen-bond acceptors (Lipinski definition) is 4. The predicted octanol–water partition coefficient (Wildman–Crippen LogP) is 3.55. The number of halogens is 1. The highest BCUT2D eigenvalue weighted by Gasteiger charge is 2.12. The first-order valence-corrected chi connectivity index (χ1v) is 9.25. The van der Waals surface area contributed by atoms with Crippen molar-refractivity contribution in [1.82, 2.24) is 4.83 Å². The van der Waals surface area contributed by atoms with Crippen LogP contribution in [0.4, 0.5) is 0 Å². The van der Waals surface area contributed by atoms with Crippen molar-refractivity contribution in [3.8, 4) is 5.75 Å². The average Bonchev–Trinajstić information content (AvgIpc) is 2.54. The van der Waals surface area contributed by atoms with Gasteiger partial charge in [-0.3, -0.25) is 0 Å². The van der Waals surface area contributed by atoms with E-state index in [2.05, 4.69) is 25.9 Å². The van der Waals surface area contributed by atoms with Crippen molar-refractivity contribution in [2.75, 3.05) is 6.61 Å². The minimum Gasteiger partial charge on any atom is -0.494 e. The summed E-state index contributed by atoms with van der Waals surface area (Å²) in [4.78, 5) is 2.40. The van der Waals surface area contributed by atoms with Crippen LogP contribution in [-0.2, 0) is 10.0 Å². The van der Waals surface area contributed by atoms with Crippen LogP contribution < -0.4 is 9.57 Å². The topological polar surface area (TPSA) is 67.8 Å². The van der Waals surface area contributed by atoms with E-state index in [1.165, 1.54) is 12.1 Å². The first-order valence-electron chi connectivity index (χ1n) is 6.97. The van der Waals surface area contributed by atoms with E-state index in [4.69, 9.17) is 4.74 Å². The standard InChI is InChI=1S/C16H17BrN2O3S/c1-3-22-15-8-4-13(5-9-15)12(2)18-19-23(20,21)16-10-6-14(17)7-11-16/h4-11,19H,3H2,1-2H3/b18-12-. The molecule has 7 heteroatoms. The number of rotatable bonds is 6. The van der Waals surface area contributed by atoms with Gasteiger partial charge in [-0.15, -0.1) is 0 Å². The molecule has 0 bridgehead atoms. The highest BCUT2D eigenvalue weighted by molar-refractivity contribution is 9.10. The largest absolute Gasteiger partial charge is 0.494 e. The van der Waals surface area contributed by atoms with Gasteiger partial charge in [0.2, 0.25) is 0 Å². The summed E-state index contributed by atoms with van der Waals surface area (Å²) in [6.07, 6.45) is 0. The predicted molar refractivity (Wildman–Crippen MR) is 94.3 cm³/mol. The lowest BCUT2D eigenvalue weighted by Crippen LogP contribution is -2.19. The van der Waals surface area contributed by atoms with E-state index in [1.54, 1.807) is 19.1 Å². The molecule has 2 aromatic rings. The highest BCUT2D eigenvalue weighted by Crippen LogP contribution is 2.15. The van der Waals surface area contributed by atoms with Gasteiger partial charge in [0.15, 0.2) is 0 Å². The Balaban J connectivity index is 2.13. The molecule has 2 rings (SSSR count). The summed E-state index contributed by atoms with van der Waals surface area (Å²) in [6.45, 7) is 4.25. The summed E-state index contributed by atoms with van der Waals surface area (Å²) in [7, 11) is -3.68. The SMILES string of the molecule is CCOc1ccc(/C(C)=N\NS(=O)(=O)c2ccc(Br)cc2)cc1. The van der Waals surface area contributed by atoms with Crippen LogP contribution in [0, 0.1) is 0 Å². The fraction of sp³-hybridized carbons (Fsp3) is 0.188. The van der Waals surface area contributed by atoms with E-state index < -0.39 is 10.0 Å². The summed E-state index contributed by atoms with van der Waals surface area (Å²) in [5, 5.41) is 3.97. The summed E-state index contributed by atoms with van der Waals surface area (Å²) in [5.41, 5.74) is 1.38. The lowest BCUT2D eigenvalue weighted by atomic mass is 10.1. The minimum absolute atomic E-state index is 0.156. The number of hydrazone groups is 1. The molecule has 0 radical (unpaired) electrons. The van der Waals surface area contributed by atoms with Gasteiger partial charge in [0.25, 0.3) is 10.0 Å². The third-order valence-corrected chi connectivity index (χ3v) is 4.79. The van der Waals surface area contributed by atoms with Crippen molar-refractivity contribution in [3.05, 3.63) is 58.6 Å². The first-order chi connectivity index (χ1) is 10.9. The Kier molecular flexibility index (Phi) is 5.79. The first kappa shape index (κ1) is 17.5. The third-order valence-electron chi connectivity index (χ3n) is 3.04. The van der Waals surface area contributed by atoms with Gasteiger partial charge < -0.3 is 4.74 Å². The molecule has 0 aliphatic rings. The number of nitrogens with zero attached hydrogens (tertiary/aromatic N) is 1. The molecule has 2 aromatic carbocycles. The highest BCUT2D eigenvalue weighted by atomic mass is 79.9. The quantitative estimate of drug-likeness (QED) is 0.599. The van der Waals surface area contributed by atoms with E-state index in [9.17, 15) is 8.42 Å². The van der Waals surface area contributed by atoms with Crippen LogP contribution in [0.5, 0.6) is 5.75 Å². The summed E-state index contributed by atoms with van der Waals surface area (Å²) in [5.74, 6) is 0.763. The Hall–Kier alpha value is -1.86. The summed E-state index contributed by atoms with van der Waals surface area (Å²) in [6, 6.07) is 13.6. The maximum atomic E-state index is 12.2. The molecule has 0 amide bonds. The second kappa shape index (κ2) is 7.61. The van der Waals surface area contributed by atoms with Crippen LogP contribution in [0.25, 0.3) is 0 Å². The Morgan fingerprint density at radius 2 is 1.74 bits per heavy atom. The number of nitrogens with one attached hydrogen (secondary N) is 1. The Bertz CT molecular complexity index is 785. The second-order valence-corrected chi connectivity index (χ2v) is 7.28.